The van der Waals surface area contributed by atoms with E-state index in [-0.39, 0.29) is 11.3 Å². The number of halogens is 1. The molecule has 2 N–H and O–H groups in total. The van der Waals surface area contributed by atoms with E-state index >= 15 is 0 Å². The lowest BCUT2D eigenvalue weighted by atomic mass is 9.68. The summed E-state index contributed by atoms with van der Waals surface area (Å²) in [5.74, 6) is 0.194. The molecule has 1 amide bonds. The van der Waals surface area contributed by atoms with E-state index < -0.39 is 0 Å². The maximum absolute atomic E-state index is 12.9. The molecule has 0 bridgehead atoms. The van der Waals surface area contributed by atoms with Crippen LogP contribution in [0.2, 0.25) is 5.02 Å². The molecule has 4 rings (SSSR count). The van der Waals surface area contributed by atoms with Crippen molar-refractivity contribution in [3.8, 4) is 0 Å². The van der Waals surface area contributed by atoms with Gasteiger partial charge in [-0.1, -0.05) is 41.9 Å². The van der Waals surface area contributed by atoms with E-state index in [2.05, 4.69) is 23.1 Å². The fourth-order valence-electron chi connectivity index (χ4n) is 4.69. The molecule has 0 atom stereocenters. The lowest BCUT2D eigenvalue weighted by Crippen LogP contribution is -2.49. The van der Waals surface area contributed by atoms with Crippen molar-refractivity contribution in [2.75, 3.05) is 13.1 Å². The van der Waals surface area contributed by atoms with Gasteiger partial charge in [-0.3, -0.25) is 4.79 Å². The largest absolute Gasteiger partial charge is 0.335 e. The predicted molar refractivity (Wildman–Crippen MR) is 106 cm³/mol. The zero-order valence-electron chi connectivity index (χ0n) is 15.0. The smallest absolute Gasteiger partial charge is 0.254 e. The summed E-state index contributed by atoms with van der Waals surface area (Å²) < 4.78 is 0. The summed E-state index contributed by atoms with van der Waals surface area (Å²) in [4.78, 5) is 15.0. The summed E-state index contributed by atoms with van der Waals surface area (Å²) in [6.45, 7) is 1.45. The van der Waals surface area contributed by atoms with Crippen LogP contribution in [0, 0.1) is 0 Å². The molecule has 26 heavy (non-hydrogen) atoms. The van der Waals surface area contributed by atoms with Crippen LogP contribution in [0.15, 0.2) is 48.5 Å². The molecule has 0 aromatic heterocycles. The van der Waals surface area contributed by atoms with E-state index in [9.17, 15) is 4.79 Å². The third-order valence-electron chi connectivity index (χ3n) is 6.31. The van der Waals surface area contributed by atoms with Gasteiger partial charge in [0.25, 0.3) is 5.91 Å². The van der Waals surface area contributed by atoms with Crippen LogP contribution in [0.25, 0.3) is 0 Å². The monoisotopic (exact) mass is 368 g/mol. The third-order valence-corrected chi connectivity index (χ3v) is 6.55. The van der Waals surface area contributed by atoms with Crippen LogP contribution in [0.4, 0.5) is 0 Å². The van der Waals surface area contributed by atoms with Crippen molar-refractivity contribution in [3.63, 3.8) is 0 Å². The molecule has 1 heterocycles. The molecule has 1 saturated carbocycles. The number of carbonyl (C=O) groups excluding carboxylic acids is 1. The Kier molecular flexibility index (Phi) is 4.76. The lowest BCUT2D eigenvalue weighted by molar-refractivity contribution is 0.0575. The second-order valence-corrected chi connectivity index (χ2v) is 8.07. The van der Waals surface area contributed by atoms with Crippen LogP contribution in [0.5, 0.6) is 0 Å². The number of carbonyl (C=O) groups is 1. The Morgan fingerprint density at radius 1 is 1.12 bits per heavy atom. The summed E-state index contributed by atoms with van der Waals surface area (Å²) in [7, 11) is 0. The molecular formula is C22H25ClN2O. The number of hydrogen-bond acceptors (Lipinski definition) is 2. The highest BCUT2D eigenvalue weighted by Gasteiger charge is 2.39. The van der Waals surface area contributed by atoms with E-state index in [0.717, 1.165) is 49.2 Å². The van der Waals surface area contributed by atoms with Crippen LogP contribution in [0.3, 0.4) is 0 Å². The van der Waals surface area contributed by atoms with Gasteiger partial charge in [0.2, 0.25) is 0 Å². The van der Waals surface area contributed by atoms with Gasteiger partial charge in [0.05, 0.1) is 0 Å². The number of rotatable bonds is 3. The van der Waals surface area contributed by atoms with Crippen LogP contribution >= 0.6 is 11.6 Å². The SMILES string of the molecule is NC[C@]1(c2cccc(Cl)c2)CC[C@@H](N2CCc3ccccc3C2=O)CC1. The highest BCUT2D eigenvalue weighted by molar-refractivity contribution is 6.30. The van der Waals surface area contributed by atoms with Gasteiger partial charge >= 0.3 is 0 Å². The van der Waals surface area contributed by atoms with Crippen molar-refractivity contribution in [1.82, 2.24) is 4.90 Å². The summed E-state index contributed by atoms with van der Waals surface area (Å²) in [5.41, 5.74) is 9.49. The first-order valence-electron chi connectivity index (χ1n) is 9.48. The molecule has 2 aromatic rings. The number of amides is 1. The molecule has 0 radical (unpaired) electrons. The topological polar surface area (TPSA) is 46.3 Å². The second kappa shape index (κ2) is 7.05. The molecule has 3 nitrogen and oxygen atoms in total. The first-order valence-corrected chi connectivity index (χ1v) is 9.86. The number of nitrogens with zero attached hydrogens (tertiary/aromatic N) is 1. The fourth-order valence-corrected chi connectivity index (χ4v) is 4.88. The number of nitrogens with two attached hydrogens (primary N) is 1. The van der Waals surface area contributed by atoms with E-state index in [1.165, 1.54) is 11.1 Å². The van der Waals surface area contributed by atoms with Crippen LogP contribution in [-0.2, 0) is 11.8 Å². The van der Waals surface area contributed by atoms with E-state index in [0.29, 0.717) is 12.6 Å². The molecule has 4 heteroatoms. The van der Waals surface area contributed by atoms with Crippen molar-refractivity contribution in [2.24, 2.45) is 5.73 Å². The van der Waals surface area contributed by atoms with Crippen molar-refractivity contribution in [1.29, 1.82) is 0 Å². The molecule has 136 valence electrons. The van der Waals surface area contributed by atoms with Crippen LogP contribution in [-0.4, -0.2) is 29.9 Å². The van der Waals surface area contributed by atoms with Crippen LogP contribution < -0.4 is 5.73 Å². The van der Waals surface area contributed by atoms with E-state index in [1.54, 1.807) is 0 Å². The summed E-state index contributed by atoms with van der Waals surface area (Å²) in [6, 6.07) is 16.4. The Morgan fingerprint density at radius 2 is 1.88 bits per heavy atom. The fraction of sp³-hybridized carbons (Fsp3) is 0.409. The predicted octanol–water partition coefficient (Wildman–Crippen LogP) is 4.18. The Morgan fingerprint density at radius 3 is 2.62 bits per heavy atom. The maximum atomic E-state index is 12.9. The average Bonchev–Trinajstić information content (AvgIpc) is 2.69. The Bertz CT molecular complexity index is 811. The normalized spacial score (nSPS) is 25.8. The lowest BCUT2D eigenvalue weighted by Gasteiger charge is -2.44. The molecular weight excluding hydrogens is 344 g/mol. The minimum absolute atomic E-state index is 0.0157. The molecule has 1 aliphatic heterocycles. The van der Waals surface area contributed by atoms with Gasteiger partial charge < -0.3 is 10.6 Å². The van der Waals surface area contributed by atoms with Gasteiger partial charge in [-0.2, -0.15) is 0 Å². The zero-order chi connectivity index (χ0) is 18.1. The minimum atomic E-state index is -0.0157. The highest BCUT2D eigenvalue weighted by atomic mass is 35.5. The quantitative estimate of drug-likeness (QED) is 0.883. The molecule has 0 unspecified atom stereocenters. The summed E-state index contributed by atoms with van der Waals surface area (Å²) >= 11 is 6.21. The summed E-state index contributed by atoms with van der Waals surface area (Å²) in [5, 5.41) is 0.764. The second-order valence-electron chi connectivity index (χ2n) is 7.63. The Labute approximate surface area is 160 Å². The van der Waals surface area contributed by atoms with Gasteiger partial charge in [0.15, 0.2) is 0 Å². The zero-order valence-corrected chi connectivity index (χ0v) is 15.7. The molecule has 2 aromatic carbocycles. The Balaban J connectivity index is 1.51. The van der Waals surface area contributed by atoms with E-state index in [1.807, 2.05) is 30.3 Å². The van der Waals surface area contributed by atoms with Gasteiger partial charge in [0, 0.05) is 35.1 Å². The first kappa shape index (κ1) is 17.6. The number of benzene rings is 2. The van der Waals surface area contributed by atoms with Crippen molar-refractivity contribution >= 4 is 17.5 Å². The van der Waals surface area contributed by atoms with Gasteiger partial charge in [-0.25, -0.2) is 0 Å². The number of hydrogen-bond donors (Lipinski definition) is 1. The van der Waals surface area contributed by atoms with Gasteiger partial charge in [-0.05, 0) is 61.4 Å². The highest BCUT2D eigenvalue weighted by Crippen LogP contribution is 2.41. The third kappa shape index (κ3) is 3.04. The van der Waals surface area contributed by atoms with Crippen LogP contribution in [0.1, 0.15) is 47.2 Å². The molecule has 2 aliphatic rings. The standard InChI is InChI=1S/C22H25ClN2O/c23-18-6-3-5-17(14-18)22(15-24)11-8-19(9-12-22)25-13-10-16-4-1-2-7-20(16)21(25)26/h1-7,14,19H,8-13,15,24H2/t19-,22+. The van der Waals surface area contributed by atoms with Crippen molar-refractivity contribution in [3.05, 3.63) is 70.2 Å². The molecule has 0 spiro atoms. The maximum Gasteiger partial charge on any atom is 0.254 e. The van der Waals surface area contributed by atoms with E-state index in [4.69, 9.17) is 17.3 Å². The molecule has 1 aliphatic carbocycles. The first-order chi connectivity index (χ1) is 12.6. The average molecular weight is 369 g/mol. The van der Waals surface area contributed by atoms with Gasteiger partial charge in [0.1, 0.15) is 0 Å². The number of fused-ring (bicyclic) bond motifs is 1. The Hall–Kier alpha value is -1.84. The molecule has 0 saturated heterocycles. The van der Waals surface area contributed by atoms with Gasteiger partial charge in [-0.15, -0.1) is 0 Å². The van der Waals surface area contributed by atoms with Crippen molar-refractivity contribution < 1.29 is 4.79 Å². The summed E-state index contributed by atoms with van der Waals surface area (Å²) in [6.07, 6.45) is 4.95. The minimum Gasteiger partial charge on any atom is -0.335 e. The van der Waals surface area contributed by atoms with Crippen molar-refractivity contribution in [2.45, 2.75) is 43.6 Å². The molecule has 1 fully saturated rings.